The van der Waals surface area contributed by atoms with Gasteiger partial charge in [-0.2, -0.15) is 13.2 Å². The van der Waals surface area contributed by atoms with E-state index in [9.17, 15) is 22.8 Å². The highest BCUT2D eigenvalue weighted by Gasteiger charge is 2.49. The van der Waals surface area contributed by atoms with Crippen LogP contribution in [0.25, 0.3) is 0 Å². The molecule has 0 aromatic heterocycles. The minimum atomic E-state index is -4.52. The minimum absolute atomic E-state index is 0.0272. The van der Waals surface area contributed by atoms with Gasteiger partial charge in [-0.15, -0.1) is 11.8 Å². The van der Waals surface area contributed by atoms with Crippen LogP contribution in [0.3, 0.4) is 0 Å². The fourth-order valence-electron chi connectivity index (χ4n) is 1.82. The predicted molar refractivity (Wildman–Crippen MR) is 66.8 cm³/mol. The van der Waals surface area contributed by atoms with E-state index in [0.29, 0.717) is 4.90 Å². The van der Waals surface area contributed by atoms with Crippen LogP contribution >= 0.6 is 11.8 Å². The Morgan fingerprint density at radius 3 is 2.58 bits per heavy atom. The molecule has 0 aromatic rings. The average molecular weight is 298 g/mol. The van der Waals surface area contributed by atoms with Gasteiger partial charge in [-0.25, -0.2) is 0 Å². The third kappa shape index (κ3) is 4.02. The van der Waals surface area contributed by atoms with Gasteiger partial charge in [0, 0.05) is 11.8 Å². The largest absolute Gasteiger partial charge is 0.406 e. The van der Waals surface area contributed by atoms with E-state index in [2.05, 4.69) is 5.32 Å². The van der Waals surface area contributed by atoms with Crippen LogP contribution in [0.15, 0.2) is 0 Å². The van der Waals surface area contributed by atoms with E-state index in [1.54, 1.807) is 13.8 Å². The lowest BCUT2D eigenvalue weighted by atomic mass is 10.00. The van der Waals surface area contributed by atoms with Crippen molar-refractivity contribution in [1.29, 1.82) is 0 Å². The van der Waals surface area contributed by atoms with Crippen LogP contribution in [0.2, 0.25) is 0 Å². The summed E-state index contributed by atoms with van der Waals surface area (Å²) in [5.74, 6) is -1.07. The van der Waals surface area contributed by atoms with Crippen LogP contribution < -0.4 is 5.32 Å². The quantitative estimate of drug-likeness (QED) is 0.857. The normalized spacial score (nSPS) is 24.8. The van der Waals surface area contributed by atoms with Gasteiger partial charge in [0.1, 0.15) is 12.1 Å². The first kappa shape index (κ1) is 16.1. The third-order valence-electron chi connectivity index (χ3n) is 2.75. The van der Waals surface area contributed by atoms with E-state index in [0.717, 1.165) is 0 Å². The van der Waals surface area contributed by atoms with Gasteiger partial charge in [0.15, 0.2) is 0 Å². The molecule has 19 heavy (non-hydrogen) atoms. The molecule has 8 heteroatoms. The summed E-state index contributed by atoms with van der Waals surface area (Å²) in [4.78, 5) is 24.4. The van der Waals surface area contributed by atoms with Crippen molar-refractivity contribution in [2.75, 3.05) is 18.1 Å². The van der Waals surface area contributed by atoms with E-state index < -0.39 is 30.1 Å². The Bertz CT molecular complexity index is 373. The number of amides is 2. The van der Waals surface area contributed by atoms with Gasteiger partial charge in [0.05, 0.1) is 5.75 Å². The zero-order chi connectivity index (χ0) is 14.8. The van der Waals surface area contributed by atoms with E-state index in [1.807, 2.05) is 0 Å². The number of rotatable bonds is 3. The Kier molecular flexibility index (Phi) is 4.76. The molecule has 0 spiro atoms. The Labute approximate surface area is 114 Å². The van der Waals surface area contributed by atoms with E-state index in [4.69, 9.17) is 0 Å². The second-order valence-corrected chi connectivity index (χ2v) is 5.98. The molecule has 2 amide bonds. The Hall–Kier alpha value is -0.920. The van der Waals surface area contributed by atoms with Crippen molar-refractivity contribution in [3.63, 3.8) is 0 Å². The molecule has 1 aliphatic rings. The first-order valence-corrected chi connectivity index (χ1v) is 6.97. The number of nitrogens with one attached hydrogen (secondary N) is 1. The molecule has 1 rings (SSSR count). The van der Waals surface area contributed by atoms with Crippen LogP contribution in [0, 0.1) is 0 Å². The molecule has 1 unspecified atom stereocenters. The lowest BCUT2D eigenvalue weighted by molar-refractivity contribution is -0.173. The molecule has 1 saturated heterocycles. The minimum Gasteiger partial charge on any atom is -0.352 e. The highest BCUT2D eigenvalue weighted by molar-refractivity contribution is 8.00. The van der Waals surface area contributed by atoms with Gasteiger partial charge < -0.3 is 10.2 Å². The average Bonchev–Trinajstić information content (AvgIpc) is 2.21. The number of carbonyl (C=O) groups is 2. The second-order valence-electron chi connectivity index (χ2n) is 4.99. The SMILES string of the molecule is CC(C)NC(=O)C1(C)CSCC(=O)N1CC(F)(F)F. The molecule has 1 fully saturated rings. The maximum atomic E-state index is 12.6. The lowest BCUT2D eigenvalue weighted by Crippen LogP contribution is -2.65. The summed E-state index contributed by atoms with van der Waals surface area (Å²) in [6.45, 7) is 3.41. The predicted octanol–water partition coefficient (Wildman–Crippen LogP) is 1.41. The topological polar surface area (TPSA) is 49.4 Å². The molecule has 0 bridgehead atoms. The van der Waals surface area contributed by atoms with Gasteiger partial charge >= 0.3 is 6.18 Å². The number of carbonyl (C=O) groups excluding carboxylic acids is 2. The first-order valence-electron chi connectivity index (χ1n) is 5.82. The van der Waals surface area contributed by atoms with Crippen molar-refractivity contribution >= 4 is 23.6 Å². The summed E-state index contributed by atoms with van der Waals surface area (Å²) < 4.78 is 37.7. The Morgan fingerprint density at radius 2 is 2.11 bits per heavy atom. The van der Waals surface area contributed by atoms with Crippen molar-refractivity contribution in [3.8, 4) is 0 Å². The standard InChI is InChI=1S/C11H17F3N2O2S/c1-7(2)15-9(18)10(3)6-19-4-8(17)16(10)5-11(12,13)14/h7H,4-6H2,1-3H3,(H,15,18). The number of alkyl halides is 3. The molecule has 0 radical (unpaired) electrons. The second kappa shape index (κ2) is 5.60. The number of halogens is 3. The molecule has 0 aromatic carbocycles. The molecule has 1 atom stereocenters. The highest BCUT2D eigenvalue weighted by Crippen LogP contribution is 2.31. The van der Waals surface area contributed by atoms with E-state index >= 15 is 0 Å². The summed E-state index contributed by atoms with van der Waals surface area (Å²) in [5.41, 5.74) is -1.46. The van der Waals surface area contributed by atoms with Gasteiger partial charge in [-0.3, -0.25) is 9.59 Å². The fraction of sp³-hybridized carbons (Fsp3) is 0.818. The molecular formula is C11H17F3N2O2S. The number of hydrogen-bond acceptors (Lipinski definition) is 3. The van der Waals surface area contributed by atoms with Gasteiger partial charge in [-0.05, 0) is 20.8 Å². The van der Waals surface area contributed by atoms with Crippen LogP contribution in [0.5, 0.6) is 0 Å². The number of hydrogen-bond donors (Lipinski definition) is 1. The van der Waals surface area contributed by atoms with Crippen molar-refractivity contribution in [1.82, 2.24) is 10.2 Å². The van der Waals surface area contributed by atoms with E-state index in [1.165, 1.54) is 18.7 Å². The van der Waals surface area contributed by atoms with Gasteiger partial charge in [0.25, 0.3) is 0 Å². The molecule has 1 aliphatic heterocycles. The van der Waals surface area contributed by atoms with Crippen molar-refractivity contribution in [2.24, 2.45) is 0 Å². The maximum absolute atomic E-state index is 12.6. The Balaban J connectivity index is 2.98. The lowest BCUT2D eigenvalue weighted by Gasteiger charge is -2.43. The third-order valence-corrected chi connectivity index (χ3v) is 3.97. The maximum Gasteiger partial charge on any atom is 0.406 e. The molecule has 0 aliphatic carbocycles. The molecule has 1 heterocycles. The zero-order valence-electron chi connectivity index (χ0n) is 11.0. The summed E-state index contributed by atoms with van der Waals surface area (Å²) >= 11 is 1.18. The Morgan fingerprint density at radius 1 is 1.53 bits per heavy atom. The van der Waals surface area contributed by atoms with Crippen molar-refractivity contribution in [3.05, 3.63) is 0 Å². The smallest absolute Gasteiger partial charge is 0.352 e. The molecule has 0 saturated carbocycles. The summed E-state index contributed by atoms with van der Waals surface area (Å²) in [5, 5.41) is 2.58. The van der Waals surface area contributed by atoms with Gasteiger partial charge in [-0.1, -0.05) is 0 Å². The molecule has 4 nitrogen and oxygen atoms in total. The van der Waals surface area contributed by atoms with E-state index in [-0.39, 0.29) is 17.5 Å². The fourth-order valence-corrected chi connectivity index (χ4v) is 2.93. The highest BCUT2D eigenvalue weighted by atomic mass is 32.2. The number of thioether (sulfide) groups is 1. The summed E-state index contributed by atoms with van der Waals surface area (Å²) in [6, 6.07) is -0.195. The monoisotopic (exact) mass is 298 g/mol. The van der Waals surface area contributed by atoms with Crippen LogP contribution in [-0.4, -0.2) is 52.5 Å². The zero-order valence-corrected chi connectivity index (χ0v) is 11.8. The van der Waals surface area contributed by atoms with Crippen molar-refractivity contribution < 1.29 is 22.8 Å². The van der Waals surface area contributed by atoms with Crippen molar-refractivity contribution in [2.45, 2.75) is 38.5 Å². The van der Waals surface area contributed by atoms with Crippen LogP contribution in [0.4, 0.5) is 13.2 Å². The summed E-state index contributed by atoms with van der Waals surface area (Å²) in [7, 11) is 0. The number of nitrogens with zero attached hydrogens (tertiary/aromatic N) is 1. The first-order chi connectivity index (χ1) is 8.56. The summed E-state index contributed by atoms with van der Waals surface area (Å²) in [6.07, 6.45) is -4.52. The molecule has 1 N–H and O–H groups in total. The van der Waals surface area contributed by atoms with Crippen LogP contribution in [0.1, 0.15) is 20.8 Å². The van der Waals surface area contributed by atoms with Gasteiger partial charge in [0.2, 0.25) is 11.8 Å². The molecule has 110 valence electrons. The van der Waals surface area contributed by atoms with Crippen LogP contribution in [-0.2, 0) is 9.59 Å². The molecular weight excluding hydrogens is 281 g/mol.